The molecule has 90 valence electrons. The summed E-state index contributed by atoms with van der Waals surface area (Å²) in [4.78, 5) is -0.111. The zero-order valence-electron chi connectivity index (χ0n) is 8.35. The number of hydrogen-bond acceptors (Lipinski definition) is 3. The van der Waals surface area contributed by atoms with Gasteiger partial charge in [-0.05, 0) is 5.56 Å². The maximum atomic E-state index is 11.5. The maximum Gasteiger partial charge on any atom is 0.241 e. The highest BCUT2D eigenvalue weighted by Crippen LogP contribution is 2.44. The highest BCUT2D eigenvalue weighted by atomic mass is 35.5. The number of rotatable bonds is 2. The molecule has 0 saturated heterocycles. The van der Waals surface area contributed by atoms with E-state index in [1.54, 1.807) is 24.3 Å². The maximum absolute atomic E-state index is 11.5. The third kappa shape index (κ3) is 2.48. The van der Waals surface area contributed by atoms with E-state index in [0.29, 0.717) is 15.5 Å². The molecule has 2 N–H and O–H groups in total. The van der Waals surface area contributed by atoms with Gasteiger partial charge in [0.15, 0.2) is 0 Å². The third-order valence-electron chi connectivity index (χ3n) is 2.13. The molecule has 0 radical (unpaired) electrons. The average molecular weight is 308 g/mol. The summed E-state index contributed by atoms with van der Waals surface area (Å²) in [5.74, 6) is 0. The number of halogens is 2. The highest BCUT2D eigenvalue weighted by molar-refractivity contribution is 7.89. The highest BCUT2D eigenvalue weighted by Gasteiger charge is 2.25. The van der Waals surface area contributed by atoms with Crippen molar-refractivity contribution in [2.24, 2.45) is 5.14 Å². The van der Waals surface area contributed by atoms with E-state index < -0.39 is 10.0 Å². The normalized spacial score (nSPS) is 11.7. The molecule has 0 atom stereocenters. The zero-order valence-corrected chi connectivity index (χ0v) is 11.5. The van der Waals surface area contributed by atoms with Crippen molar-refractivity contribution >= 4 is 44.6 Å². The fourth-order valence-corrected chi connectivity index (χ4v) is 4.67. The Morgan fingerprint density at radius 2 is 1.65 bits per heavy atom. The van der Waals surface area contributed by atoms with E-state index in [1.165, 1.54) is 0 Å². The van der Waals surface area contributed by atoms with Crippen LogP contribution in [0.25, 0.3) is 11.1 Å². The molecule has 0 saturated carbocycles. The van der Waals surface area contributed by atoms with Gasteiger partial charge in [0.05, 0.1) is 0 Å². The van der Waals surface area contributed by atoms with Gasteiger partial charge in [0.2, 0.25) is 10.0 Å². The second-order valence-electron chi connectivity index (χ2n) is 3.26. The first kappa shape index (κ1) is 12.9. The number of sulfonamides is 1. The SMILES string of the molecule is NS(=O)(=O)c1c(Cl)sc(Cl)c1-c1ccccc1. The molecule has 0 unspecified atom stereocenters. The first-order chi connectivity index (χ1) is 7.91. The Bertz CT molecular complexity index is 650. The molecule has 1 heterocycles. The average Bonchev–Trinajstić information content (AvgIpc) is 2.54. The molecule has 1 aromatic heterocycles. The minimum atomic E-state index is -3.90. The van der Waals surface area contributed by atoms with E-state index in [9.17, 15) is 8.42 Å². The first-order valence-electron chi connectivity index (χ1n) is 4.47. The molecule has 17 heavy (non-hydrogen) atoms. The predicted molar refractivity (Wildman–Crippen MR) is 71.1 cm³/mol. The van der Waals surface area contributed by atoms with E-state index >= 15 is 0 Å². The lowest BCUT2D eigenvalue weighted by atomic mass is 10.1. The summed E-state index contributed by atoms with van der Waals surface area (Å²) in [7, 11) is -3.90. The van der Waals surface area contributed by atoms with Crippen molar-refractivity contribution in [3.63, 3.8) is 0 Å². The topological polar surface area (TPSA) is 60.2 Å². The van der Waals surface area contributed by atoms with E-state index in [4.69, 9.17) is 28.3 Å². The Balaban J connectivity index is 2.79. The summed E-state index contributed by atoms with van der Waals surface area (Å²) in [5, 5.41) is 5.14. The van der Waals surface area contributed by atoms with E-state index in [0.717, 1.165) is 11.3 Å². The van der Waals surface area contributed by atoms with E-state index in [2.05, 4.69) is 0 Å². The van der Waals surface area contributed by atoms with Gasteiger partial charge >= 0.3 is 0 Å². The molecular weight excluding hydrogens is 301 g/mol. The Morgan fingerprint density at radius 1 is 1.06 bits per heavy atom. The van der Waals surface area contributed by atoms with Crippen LogP contribution in [0.4, 0.5) is 0 Å². The van der Waals surface area contributed by atoms with Crippen LogP contribution >= 0.6 is 34.5 Å². The fraction of sp³-hybridized carbons (Fsp3) is 0. The molecule has 0 aliphatic heterocycles. The fourth-order valence-electron chi connectivity index (χ4n) is 1.47. The van der Waals surface area contributed by atoms with Crippen LogP contribution in [0.3, 0.4) is 0 Å². The molecule has 2 aromatic rings. The van der Waals surface area contributed by atoms with Crippen LogP contribution < -0.4 is 5.14 Å². The lowest BCUT2D eigenvalue weighted by Gasteiger charge is -2.03. The van der Waals surface area contributed by atoms with Crippen molar-refractivity contribution < 1.29 is 8.42 Å². The summed E-state index contributed by atoms with van der Waals surface area (Å²) in [6, 6.07) is 8.88. The largest absolute Gasteiger partial charge is 0.241 e. The van der Waals surface area contributed by atoms with Crippen molar-refractivity contribution in [3.05, 3.63) is 39.0 Å². The van der Waals surface area contributed by atoms with Crippen LogP contribution in [0.1, 0.15) is 0 Å². The third-order valence-corrected chi connectivity index (χ3v) is 4.95. The van der Waals surface area contributed by atoms with Crippen LogP contribution in [-0.4, -0.2) is 8.42 Å². The van der Waals surface area contributed by atoms with Gasteiger partial charge in [0, 0.05) is 5.56 Å². The standard InChI is InChI=1S/C10H7Cl2NO2S2/c11-9-7(6-4-2-1-3-5-6)8(10(12)16-9)17(13,14)15/h1-5H,(H2,13,14,15). The Morgan fingerprint density at radius 3 is 2.18 bits per heavy atom. The number of primary sulfonamides is 1. The minimum Gasteiger partial charge on any atom is -0.225 e. The Labute approximate surface area is 113 Å². The summed E-state index contributed by atoms with van der Waals surface area (Å²) in [6.45, 7) is 0. The van der Waals surface area contributed by atoms with Gasteiger partial charge in [-0.3, -0.25) is 0 Å². The molecular formula is C10H7Cl2NO2S2. The van der Waals surface area contributed by atoms with Crippen LogP contribution in [0, 0.1) is 0 Å². The van der Waals surface area contributed by atoms with Crippen molar-refractivity contribution in [2.45, 2.75) is 4.90 Å². The molecule has 0 aliphatic carbocycles. The monoisotopic (exact) mass is 307 g/mol. The summed E-state index contributed by atoms with van der Waals surface area (Å²) < 4.78 is 23.4. The smallest absolute Gasteiger partial charge is 0.225 e. The van der Waals surface area contributed by atoms with Crippen LogP contribution in [0.5, 0.6) is 0 Å². The molecule has 3 nitrogen and oxygen atoms in total. The zero-order chi connectivity index (χ0) is 12.6. The molecule has 1 aromatic carbocycles. The molecule has 2 rings (SSSR count). The van der Waals surface area contributed by atoms with Gasteiger partial charge in [-0.15, -0.1) is 11.3 Å². The lowest BCUT2D eigenvalue weighted by Crippen LogP contribution is -2.12. The second-order valence-corrected chi connectivity index (χ2v) is 6.99. The van der Waals surface area contributed by atoms with Gasteiger partial charge in [0.1, 0.15) is 13.6 Å². The number of thiophene rings is 1. The molecule has 0 spiro atoms. The number of nitrogens with two attached hydrogens (primary N) is 1. The van der Waals surface area contributed by atoms with Gasteiger partial charge in [-0.2, -0.15) is 0 Å². The molecule has 7 heteroatoms. The van der Waals surface area contributed by atoms with Gasteiger partial charge in [-0.25, -0.2) is 13.6 Å². The summed E-state index contributed by atoms with van der Waals surface area (Å²) in [6.07, 6.45) is 0. The van der Waals surface area contributed by atoms with Crippen molar-refractivity contribution in [3.8, 4) is 11.1 Å². The first-order valence-corrected chi connectivity index (χ1v) is 7.59. The quantitative estimate of drug-likeness (QED) is 0.924. The van der Waals surface area contributed by atoms with Gasteiger partial charge < -0.3 is 0 Å². The number of benzene rings is 1. The second kappa shape index (κ2) is 4.59. The molecule has 0 amide bonds. The Kier molecular flexibility index (Phi) is 3.47. The van der Waals surface area contributed by atoms with Crippen LogP contribution in [0.2, 0.25) is 8.67 Å². The van der Waals surface area contributed by atoms with E-state index in [1.807, 2.05) is 6.07 Å². The minimum absolute atomic E-state index is 0.0800. The number of hydrogen-bond donors (Lipinski definition) is 1. The molecule has 0 fully saturated rings. The van der Waals surface area contributed by atoms with Crippen LogP contribution in [-0.2, 0) is 10.0 Å². The molecule has 0 aliphatic rings. The van der Waals surface area contributed by atoms with Gasteiger partial charge in [-0.1, -0.05) is 53.5 Å². The summed E-state index contributed by atoms with van der Waals surface area (Å²) in [5.41, 5.74) is 1.04. The van der Waals surface area contributed by atoms with Crippen molar-refractivity contribution in [2.75, 3.05) is 0 Å². The van der Waals surface area contributed by atoms with Gasteiger partial charge in [0.25, 0.3) is 0 Å². The van der Waals surface area contributed by atoms with Crippen molar-refractivity contribution in [1.82, 2.24) is 0 Å². The van der Waals surface area contributed by atoms with E-state index in [-0.39, 0.29) is 9.23 Å². The van der Waals surface area contributed by atoms with Crippen LogP contribution in [0.15, 0.2) is 35.2 Å². The van der Waals surface area contributed by atoms with Crippen molar-refractivity contribution in [1.29, 1.82) is 0 Å². The molecule has 0 bridgehead atoms. The predicted octanol–water partition coefficient (Wildman–Crippen LogP) is 3.37. The summed E-state index contributed by atoms with van der Waals surface area (Å²) >= 11 is 12.9. The lowest BCUT2D eigenvalue weighted by molar-refractivity contribution is 0.598. The Hall–Kier alpha value is -0.590.